The van der Waals surface area contributed by atoms with Crippen molar-refractivity contribution in [1.29, 1.82) is 0 Å². The summed E-state index contributed by atoms with van der Waals surface area (Å²) >= 11 is 0. The zero-order valence-electron chi connectivity index (χ0n) is 10.7. The van der Waals surface area contributed by atoms with Gasteiger partial charge in [0.15, 0.2) is 0 Å². The zero-order chi connectivity index (χ0) is 14.7. The number of anilines is 1. The van der Waals surface area contributed by atoms with Crippen LogP contribution in [0.4, 0.5) is 14.5 Å². The highest BCUT2D eigenvalue weighted by atomic mass is 19.1. The molecule has 1 unspecified atom stereocenters. The van der Waals surface area contributed by atoms with Crippen LogP contribution in [0.1, 0.15) is 23.0 Å². The second-order valence-electron chi connectivity index (χ2n) is 4.45. The van der Waals surface area contributed by atoms with Gasteiger partial charge in [0.25, 0.3) is 0 Å². The standard InChI is InChI=1S/C14H13F2NO3/c1-8(5-9-3-2-4-20-9)17-13-6-10(14(18)19)11(15)7-12(13)16/h2-4,6-8,17H,5H2,1H3,(H,18,19). The maximum absolute atomic E-state index is 13.6. The number of furan rings is 1. The van der Waals surface area contributed by atoms with E-state index in [1.807, 2.05) is 0 Å². The molecule has 6 heteroatoms. The number of nitrogens with one attached hydrogen (secondary N) is 1. The van der Waals surface area contributed by atoms with Crippen molar-refractivity contribution >= 4 is 11.7 Å². The van der Waals surface area contributed by atoms with E-state index in [1.165, 1.54) is 6.26 Å². The maximum atomic E-state index is 13.6. The molecule has 0 aliphatic rings. The lowest BCUT2D eigenvalue weighted by Gasteiger charge is -2.15. The van der Waals surface area contributed by atoms with Crippen LogP contribution in [0.5, 0.6) is 0 Å². The highest BCUT2D eigenvalue weighted by molar-refractivity contribution is 5.89. The monoisotopic (exact) mass is 281 g/mol. The van der Waals surface area contributed by atoms with Gasteiger partial charge in [0.2, 0.25) is 0 Å². The van der Waals surface area contributed by atoms with E-state index in [9.17, 15) is 13.6 Å². The van der Waals surface area contributed by atoms with E-state index in [-0.39, 0.29) is 11.7 Å². The molecule has 0 spiro atoms. The van der Waals surface area contributed by atoms with E-state index < -0.39 is 23.2 Å². The highest BCUT2D eigenvalue weighted by Gasteiger charge is 2.16. The number of hydrogen-bond acceptors (Lipinski definition) is 3. The molecule has 106 valence electrons. The van der Waals surface area contributed by atoms with E-state index in [2.05, 4.69) is 5.32 Å². The summed E-state index contributed by atoms with van der Waals surface area (Å²) in [5, 5.41) is 11.6. The largest absolute Gasteiger partial charge is 0.478 e. The first-order chi connectivity index (χ1) is 9.47. The number of halogens is 2. The fourth-order valence-electron chi connectivity index (χ4n) is 1.87. The Morgan fingerprint density at radius 2 is 2.15 bits per heavy atom. The number of carbonyl (C=O) groups is 1. The summed E-state index contributed by atoms with van der Waals surface area (Å²) in [5.74, 6) is -2.66. The molecule has 2 rings (SSSR count). The van der Waals surface area contributed by atoms with Gasteiger partial charge in [0.05, 0.1) is 17.5 Å². The van der Waals surface area contributed by atoms with E-state index >= 15 is 0 Å². The third-order valence-corrected chi connectivity index (χ3v) is 2.78. The Morgan fingerprint density at radius 1 is 1.40 bits per heavy atom. The molecule has 1 heterocycles. The lowest BCUT2D eigenvalue weighted by Crippen LogP contribution is -2.19. The van der Waals surface area contributed by atoms with Crippen molar-refractivity contribution in [2.45, 2.75) is 19.4 Å². The van der Waals surface area contributed by atoms with Crippen LogP contribution < -0.4 is 5.32 Å². The average Bonchev–Trinajstić information content (AvgIpc) is 2.84. The van der Waals surface area contributed by atoms with Crippen LogP contribution in [0.2, 0.25) is 0 Å². The first kappa shape index (κ1) is 14.0. The van der Waals surface area contributed by atoms with Crippen LogP contribution in [0.3, 0.4) is 0 Å². The topological polar surface area (TPSA) is 62.5 Å². The van der Waals surface area contributed by atoms with Gasteiger partial charge in [-0.15, -0.1) is 0 Å². The van der Waals surface area contributed by atoms with Crippen LogP contribution in [0, 0.1) is 11.6 Å². The Kier molecular flexibility index (Phi) is 4.02. The van der Waals surface area contributed by atoms with Crippen molar-refractivity contribution in [3.63, 3.8) is 0 Å². The summed E-state index contributed by atoms with van der Waals surface area (Å²) in [6, 6.07) is 4.82. The minimum absolute atomic E-state index is 0.0529. The molecular formula is C14H13F2NO3. The maximum Gasteiger partial charge on any atom is 0.338 e. The molecule has 0 amide bonds. The third-order valence-electron chi connectivity index (χ3n) is 2.78. The lowest BCUT2D eigenvalue weighted by molar-refractivity contribution is 0.0692. The van der Waals surface area contributed by atoms with E-state index in [4.69, 9.17) is 9.52 Å². The summed E-state index contributed by atoms with van der Waals surface area (Å²) < 4.78 is 32.0. The van der Waals surface area contributed by atoms with E-state index in [0.29, 0.717) is 18.2 Å². The molecule has 0 aliphatic carbocycles. The Bertz CT molecular complexity index is 611. The molecule has 0 bridgehead atoms. The molecular weight excluding hydrogens is 268 g/mol. The Hall–Kier alpha value is -2.37. The van der Waals surface area contributed by atoms with Crippen LogP contribution in [0.15, 0.2) is 34.9 Å². The molecule has 1 atom stereocenters. The summed E-state index contributed by atoms with van der Waals surface area (Å²) in [7, 11) is 0. The SMILES string of the molecule is CC(Cc1ccco1)Nc1cc(C(=O)O)c(F)cc1F. The molecule has 0 saturated heterocycles. The second kappa shape index (κ2) is 5.73. The van der Waals surface area contributed by atoms with Crippen LogP contribution in [-0.2, 0) is 6.42 Å². The van der Waals surface area contributed by atoms with Crippen molar-refractivity contribution < 1.29 is 23.1 Å². The molecule has 1 aromatic carbocycles. The predicted molar refractivity (Wildman–Crippen MR) is 68.8 cm³/mol. The van der Waals surface area contributed by atoms with Crippen LogP contribution in [0.25, 0.3) is 0 Å². The third kappa shape index (κ3) is 3.14. The second-order valence-corrected chi connectivity index (χ2v) is 4.45. The first-order valence-electron chi connectivity index (χ1n) is 5.98. The van der Waals surface area contributed by atoms with Crippen molar-refractivity contribution in [2.75, 3.05) is 5.32 Å². The quantitative estimate of drug-likeness (QED) is 0.882. The predicted octanol–water partition coefficient (Wildman–Crippen LogP) is 3.30. The number of benzene rings is 1. The van der Waals surface area contributed by atoms with Gasteiger partial charge in [-0.25, -0.2) is 13.6 Å². The van der Waals surface area contributed by atoms with Gasteiger partial charge in [-0.1, -0.05) is 0 Å². The van der Waals surface area contributed by atoms with Gasteiger partial charge in [0.1, 0.15) is 17.4 Å². The number of carboxylic acid groups (broad SMARTS) is 1. The normalized spacial score (nSPS) is 12.2. The van der Waals surface area contributed by atoms with Crippen molar-refractivity contribution in [3.8, 4) is 0 Å². The first-order valence-corrected chi connectivity index (χ1v) is 5.98. The minimum Gasteiger partial charge on any atom is -0.478 e. The Balaban J connectivity index is 2.16. The minimum atomic E-state index is -1.44. The van der Waals surface area contributed by atoms with Crippen LogP contribution >= 0.6 is 0 Å². The van der Waals surface area contributed by atoms with E-state index in [0.717, 1.165) is 6.07 Å². The van der Waals surface area contributed by atoms with E-state index in [1.54, 1.807) is 19.1 Å². The number of hydrogen-bond donors (Lipinski definition) is 2. The molecule has 0 aliphatic heterocycles. The van der Waals surface area contributed by atoms with Gasteiger partial charge < -0.3 is 14.8 Å². The van der Waals surface area contributed by atoms with Gasteiger partial charge in [0, 0.05) is 18.5 Å². The smallest absolute Gasteiger partial charge is 0.338 e. The fourth-order valence-corrected chi connectivity index (χ4v) is 1.87. The average molecular weight is 281 g/mol. The van der Waals surface area contributed by atoms with Crippen LogP contribution in [-0.4, -0.2) is 17.1 Å². The molecule has 20 heavy (non-hydrogen) atoms. The summed E-state index contributed by atoms with van der Waals surface area (Å²) in [6.07, 6.45) is 2.02. The molecule has 1 aromatic heterocycles. The van der Waals surface area contributed by atoms with Crippen molar-refractivity contribution in [1.82, 2.24) is 0 Å². The molecule has 4 nitrogen and oxygen atoms in total. The lowest BCUT2D eigenvalue weighted by atomic mass is 10.1. The van der Waals surface area contributed by atoms with Crippen molar-refractivity contribution in [3.05, 3.63) is 53.5 Å². The number of carboxylic acids is 1. The van der Waals surface area contributed by atoms with Gasteiger partial charge in [-0.3, -0.25) is 0 Å². The zero-order valence-corrected chi connectivity index (χ0v) is 10.7. The summed E-state index contributed by atoms with van der Waals surface area (Å²) in [6.45, 7) is 1.78. The number of rotatable bonds is 5. The molecule has 2 N–H and O–H groups in total. The fraction of sp³-hybridized carbons (Fsp3) is 0.214. The Morgan fingerprint density at radius 3 is 2.75 bits per heavy atom. The van der Waals surface area contributed by atoms with Gasteiger partial charge >= 0.3 is 5.97 Å². The van der Waals surface area contributed by atoms with Gasteiger partial charge in [-0.05, 0) is 25.1 Å². The number of aromatic carboxylic acids is 1. The molecule has 2 aromatic rings. The summed E-state index contributed by atoms with van der Waals surface area (Å²) in [5.41, 5.74) is -0.623. The molecule has 0 fully saturated rings. The highest BCUT2D eigenvalue weighted by Crippen LogP contribution is 2.21. The summed E-state index contributed by atoms with van der Waals surface area (Å²) in [4.78, 5) is 10.8. The van der Waals surface area contributed by atoms with Crippen molar-refractivity contribution in [2.24, 2.45) is 0 Å². The Labute approximate surface area is 114 Å². The molecule has 0 saturated carbocycles. The molecule has 0 radical (unpaired) electrons. The van der Waals surface area contributed by atoms with Gasteiger partial charge in [-0.2, -0.15) is 0 Å².